The molecule has 0 radical (unpaired) electrons. The predicted molar refractivity (Wildman–Crippen MR) is 55.2 cm³/mol. The molecule has 1 rings (SSSR count). The van der Waals surface area contributed by atoms with Crippen LogP contribution in [0.1, 0.15) is 13.8 Å². The van der Waals surface area contributed by atoms with Crippen LogP contribution >= 0.6 is 23.2 Å². The Balaban J connectivity index is 2.82. The molecule has 0 fully saturated rings. The van der Waals surface area contributed by atoms with Gasteiger partial charge in [-0.3, -0.25) is 0 Å². The maximum atomic E-state index is 5.83. The van der Waals surface area contributed by atoms with Crippen LogP contribution in [0, 0.1) is 0 Å². The number of nitrogens with one attached hydrogen (secondary N) is 1. The van der Waals surface area contributed by atoms with E-state index in [9.17, 15) is 0 Å². The van der Waals surface area contributed by atoms with Crippen molar-refractivity contribution in [3.05, 3.63) is 28.2 Å². The van der Waals surface area contributed by atoms with Gasteiger partial charge in [-0.05, 0) is 32.0 Å². The van der Waals surface area contributed by atoms with Crippen LogP contribution in [0.2, 0.25) is 10.0 Å². The number of hydrogen-bond acceptors (Lipinski definition) is 1. The molecule has 1 aromatic carbocycles. The van der Waals surface area contributed by atoms with Gasteiger partial charge in [0.2, 0.25) is 0 Å². The maximum Gasteiger partial charge on any atom is 0.0612 e. The fraction of sp³-hybridized carbons (Fsp3) is 0.333. The van der Waals surface area contributed by atoms with Gasteiger partial charge in [0.05, 0.1) is 10.0 Å². The second kappa shape index (κ2) is 4.01. The van der Waals surface area contributed by atoms with Crippen molar-refractivity contribution in [2.45, 2.75) is 19.9 Å². The molecule has 0 aromatic heterocycles. The van der Waals surface area contributed by atoms with E-state index in [1.165, 1.54) is 0 Å². The third kappa shape index (κ3) is 2.58. The molecule has 0 amide bonds. The minimum atomic E-state index is 0.405. The second-order valence-corrected chi connectivity index (χ2v) is 3.74. The summed E-state index contributed by atoms with van der Waals surface area (Å²) in [5.74, 6) is 0. The average molecular weight is 204 g/mol. The summed E-state index contributed by atoms with van der Waals surface area (Å²) in [6.45, 7) is 4.14. The molecule has 66 valence electrons. The average Bonchev–Trinajstić information content (AvgIpc) is 1.96. The monoisotopic (exact) mass is 203 g/mol. The quantitative estimate of drug-likeness (QED) is 0.772. The van der Waals surface area contributed by atoms with Gasteiger partial charge in [-0.15, -0.1) is 0 Å². The van der Waals surface area contributed by atoms with Crippen molar-refractivity contribution in [3.63, 3.8) is 0 Å². The lowest BCUT2D eigenvalue weighted by molar-refractivity contribution is 0.900. The standard InChI is InChI=1S/C9H11Cl2N/c1-6(2)12-7-3-4-8(10)9(11)5-7/h3-6,12H,1-2H3. The molecule has 1 aromatic rings. The van der Waals surface area contributed by atoms with E-state index in [4.69, 9.17) is 23.2 Å². The van der Waals surface area contributed by atoms with E-state index in [1.54, 1.807) is 6.07 Å². The van der Waals surface area contributed by atoms with Gasteiger partial charge in [0.1, 0.15) is 0 Å². The van der Waals surface area contributed by atoms with Crippen LogP contribution in [0.25, 0.3) is 0 Å². The first-order valence-corrected chi connectivity index (χ1v) is 4.57. The third-order valence-electron chi connectivity index (χ3n) is 1.37. The molecule has 1 nitrogen and oxygen atoms in total. The van der Waals surface area contributed by atoms with Crippen molar-refractivity contribution in [3.8, 4) is 0 Å². The molecule has 0 unspecified atom stereocenters. The largest absolute Gasteiger partial charge is 0.383 e. The number of halogens is 2. The molecule has 12 heavy (non-hydrogen) atoms. The Kier molecular flexibility index (Phi) is 3.24. The van der Waals surface area contributed by atoms with Crippen LogP contribution < -0.4 is 5.32 Å². The molecule has 1 N–H and O–H groups in total. The second-order valence-electron chi connectivity index (χ2n) is 2.93. The Hall–Kier alpha value is -0.400. The highest BCUT2D eigenvalue weighted by Gasteiger charge is 1.99. The molecule has 0 bridgehead atoms. The van der Waals surface area contributed by atoms with Gasteiger partial charge < -0.3 is 5.32 Å². The maximum absolute atomic E-state index is 5.83. The third-order valence-corrected chi connectivity index (χ3v) is 2.11. The topological polar surface area (TPSA) is 12.0 Å². The number of hydrogen-bond donors (Lipinski definition) is 1. The smallest absolute Gasteiger partial charge is 0.0612 e. The summed E-state index contributed by atoms with van der Waals surface area (Å²) in [5, 5.41) is 4.40. The van der Waals surface area contributed by atoms with Crippen molar-refractivity contribution in [1.29, 1.82) is 0 Å². The zero-order valence-corrected chi connectivity index (χ0v) is 8.58. The van der Waals surface area contributed by atoms with E-state index in [1.807, 2.05) is 12.1 Å². The van der Waals surface area contributed by atoms with Gasteiger partial charge >= 0.3 is 0 Å². The van der Waals surface area contributed by atoms with Crippen LogP contribution in [-0.4, -0.2) is 6.04 Å². The molecule has 0 saturated carbocycles. The van der Waals surface area contributed by atoms with E-state index in [2.05, 4.69) is 19.2 Å². The number of rotatable bonds is 2. The van der Waals surface area contributed by atoms with Crippen LogP contribution in [0.3, 0.4) is 0 Å². The first kappa shape index (κ1) is 9.69. The lowest BCUT2D eigenvalue weighted by atomic mass is 10.3. The normalized spacial score (nSPS) is 10.4. The van der Waals surface area contributed by atoms with Gasteiger partial charge in [-0.25, -0.2) is 0 Å². The molecule has 3 heteroatoms. The minimum Gasteiger partial charge on any atom is -0.383 e. The molecular formula is C9H11Cl2N. The Labute approximate surface area is 82.7 Å². The number of anilines is 1. The van der Waals surface area contributed by atoms with Crippen molar-refractivity contribution in [2.75, 3.05) is 5.32 Å². The number of benzene rings is 1. The highest BCUT2D eigenvalue weighted by Crippen LogP contribution is 2.25. The summed E-state index contributed by atoms with van der Waals surface area (Å²) in [6, 6.07) is 5.93. The summed E-state index contributed by atoms with van der Waals surface area (Å²) >= 11 is 11.6. The molecule has 0 atom stereocenters. The van der Waals surface area contributed by atoms with E-state index >= 15 is 0 Å². The summed E-state index contributed by atoms with van der Waals surface area (Å²) in [7, 11) is 0. The Morgan fingerprint density at radius 3 is 2.33 bits per heavy atom. The zero-order chi connectivity index (χ0) is 9.14. The fourth-order valence-corrected chi connectivity index (χ4v) is 1.22. The summed E-state index contributed by atoms with van der Waals surface area (Å²) in [6.07, 6.45) is 0. The molecule has 0 spiro atoms. The summed E-state index contributed by atoms with van der Waals surface area (Å²) < 4.78 is 0. The van der Waals surface area contributed by atoms with Crippen molar-refractivity contribution < 1.29 is 0 Å². The van der Waals surface area contributed by atoms with Crippen molar-refractivity contribution in [2.24, 2.45) is 0 Å². The van der Waals surface area contributed by atoms with E-state index < -0.39 is 0 Å². The van der Waals surface area contributed by atoms with Crippen LogP contribution in [0.15, 0.2) is 18.2 Å². The van der Waals surface area contributed by atoms with Gasteiger partial charge in [0.15, 0.2) is 0 Å². The SMILES string of the molecule is CC(C)Nc1ccc(Cl)c(Cl)c1. The van der Waals surface area contributed by atoms with Crippen LogP contribution in [-0.2, 0) is 0 Å². The molecular weight excluding hydrogens is 193 g/mol. The van der Waals surface area contributed by atoms with Gasteiger partial charge in [0, 0.05) is 11.7 Å². The fourth-order valence-electron chi connectivity index (χ4n) is 0.919. The first-order valence-electron chi connectivity index (χ1n) is 3.81. The van der Waals surface area contributed by atoms with E-state index in [0.717, 1.165) is 5.69 Å². The summed E-state index contributed by atoms with van der Waals surface area (Å²) in [5.41, 5.74) is 0.999. The van der Waals surface area contributed by atoms with Crippen molar-refractivity contribution >= 4 is 28.9 Å². The Morgan fingerprint density at radius 2 is 1.83 bits per heavy atom. The Bertz CT molecular complexity index is 271. The lowest BCUT2D eigenvalue weighted by Gasteiger charge is -2.10. The van der Waals surface area contributed by atoms with Gasteiger partial charge in [-0.2, -0.15) is 0 Å². The highest BCUT2D eigenvalue weighted by atomic mass is 35.5. The molecule has 0 aliphatic carbocycles. The molecule has 0 saturated heterocycles. The minimum absolute atomic E-state index is 0.405. The lowest BCUT2D eigenvalue weighted by Crippen LogP contribution is -2.09. The first-order chi connectivity index (χ1) is 5.59. The predicted octanol–water partition coefficient (Wildman–Crippen LogP) is 3.81. The zero-order valence-electron chi connectivity index (χ0n) is 7.07. The van der Waals surface area contributed by atoms with E-state index in [-0.39, 0.29) is 0 Å². The summed E-state index contributed by atoms with van der Waals surface area (Å²) in [4.78, 5) is 0. The van der Waals surface area contributed by atoms with E-state index in [0.29, 0.717) is 16.1 Å². The van der Waals surface area contributed by atoms with Crippen molar-refractivity contribution in [1.82, 2.24) is 0 Å². The molecule has 0 heterocycles. The Morgan fingerprint density at radius 1 is 1.17 bits per heavy atom. The highest BCUT2D eigenvalue weighted by molar-refractivity contribution is 6.42. The molecule has 0 aliphatic rings. The van der Waals surface area contributed by atoms with Gasteiger partial charge in [0.25, 0.3) is 0 Å². The van der Waals surface area contributed by atoms with Crippen LogP contribution in [0.5, 0.6) is 0 Å². The van der Waals surface area contributed by atoms with Crippen LogP contribution in [0.4, 0.5) is 5.69 Å². The molecule has 0 aliphatic heterocycles. The van der Waals surface area contributed by atoms with Gasteiger partial charge in [-0.1, -0.05) is 23.2 Å².